The molecule has 7 nitrogen and oxygen atoms in total. The standard InChI is InChI=1S/C11H13N5O2/c1-8(12)6-15-7-13-11(14-15)9-2-4-10(5-3-9)16(17)18/h2-5,7-8H,6,12H2,1H3. The molecule has 0 bridgehead atoms. The second kappa shape index (κ2) is 4.92. The Labute approximate surface area is 103 Å². The van der Waals surface area contributed by atoms with E-state index in [4.69, 9.17) is 5.73 Å². The van der Waals surface area contributed by atoms with Crippen LogP contribution in [0.3, 0.4) is 0 Å². The zero-order valence-corrected chi connectivity index (χ0v) is 9.85. The number of nitrogens with two attached hydrogens (primary N) is 1. The van der Waals surface area contributed by atoms with Crippen LogP contribution in [0.4, 0.5) is 5.69 Å². The number of nitro benzene ring substituents is 1. The lowest BCUT2D eigenvalue weighted by Gasteiger charge is -2.02. The maximum Gasteiger partial charge on any atom is 0.269 e. The van der Waals surface area contributed by atoms with Gasteiger partial charge in [0.1, 0.15) is 6.33 Å². The fourth-order valence-electron chi connectivity index (χ4n) is 1.54. The van der Waals surface area contributed by atoms with Crippen molar-refractivity contribution in [2.75, 3.05) is 0 Å². The molecule has 94 valence electrons. The SMILES string of the molecule is CC(N)Cn1cnc(-c2ccc([N+](=O)[O-])cc2)n1. The zero-order valence-electron chi connectivity index (χ0n) is 9.85. The molecule has 1 atom stereocenters. The fourth-order valence-corrected chi connectivity index (χ4v) is 1.54. The van der Waals surface area contributed by atoms with Gasteiger partial charge in [-0.1, -0.05) is 0 Å². The van der Waals surface area contributed by atoms with Crippen LogP contribution < -0.4 is 5.73 Å². The lowest BCUT2D eigenvalue weighted by atomic mass is 10.2. The molecule has 2 aromatic rings. The van der Waals surface area contributed by atoms with Gasteiger partial charge in [-0.2, -0.15) is 5.10 Å². The van der Waals surface area contributed by atoms with Crippen LogP contribution >= 0.6 is 0 Å². The normalized spacial score (nSPS) is 12.3. The van der Waals surface area contributed by atoms with Crippen molar-refractivity contribution in [3.63, 3.8) is 0 Å². The Hall–Kier alpha value is -2.28. The molecule has 0 spiro atoms. The number of nitrogens with zero attached hydrogens (tertiary/aromatic N) is 4. The topological polar surface area (TPSA) is 99.9 Å². The third-order valence-corrected chi connectivity index (χ3v) is 2.35. The van der Waals surface area contributed by atoms with Crippen LogP contribution in [0.2, 0.25) is 0 Å². The molecule has 0 fully saturated rings. The van der Waals surface area contributed by atoms with E-state index in [1.165, 1.54) is 12.1 Å². The van der Waals surface area contributed by atoms with Crippen LogP contribution in [-0.2, 0) is 6.54 Å². The molecule has 2 N–H and O–H groups in total. The van der Waals surface area contributed by atoms with E-state index >= 15 is 0 Å². The van der Waals surface area contributed by atoms with Crippen molar-refractivity contribution in [1.82, 2.24) is 14.8 Å². The highest BCUT2D eigenvalue weighted by Gasteiger charge is 2.08. The van der Waals surface area contributed by atoms with Crippen LogP contribution in [0.1, 0.15) is 6.92 Å². The average molecular weight is 247 g/mol. The summed E-state index contributed by atoms with van der Waals surface area (Å²) in [5.41, 5.74) is 6.45. The number of benzene rings is 1. The molecule has 0 aliphatic rings. The summed E-state index contributed by atoms with van der Waals surface area (Å²) in [7, 11) is 0. The summed E-state index contributed by atoms with van der Waals surface area (Å²) in [5, 5.41) is 14.8. The number of hydrogen-bond acceptors (Lipinski definition) is 5. The van der Waals surface area contributed by atoms with Crippen LogP contribution in [0, 0.1) is 10.1 Å². The molecule has 0 aliphatic heterocycles. The Morgan fingerprint density at radius 3 is 2.67 bits per heavy atom. The lowest BCUT2D eigenvalue weighted by molar-refractivity contribution is -0.384. The van der Waals surface area contributed by atoms with Crippen LogP contribution in [0.25, 0.3) is 11.4 Å². The maximum absolute atomic E-state index is 10.5. The van der Waals surface area contributed by atoms with E-state index in [2.05, 4.69) is 10.1 Å². The van der Waals surface area contributed by atoms with E-state index in [-0.39, 0.29) is 11.7 Å². The van der Waals surface area contributed by atoms with Gasteiger partial charge in [0.2, 0.25) is 0 Å². The van der Waals surface area contributed by atoms with Gasteiger partial charge in [-0.25, -0.2) is 4.98 Å². The quantitative estimate of drug-likeness (QED) is 0.646. The van der Waals surface area contributed by atoms with Gasteiger partial charge in [0.15, 0.2) is 5.82 Å². The van der Waals surface area contributed by atoms with Gasteiger partial charge in [-0.15, -0.1) is 0 Å². The summed E-state index contributed by atoms with van der Waals surface area (Å²) in [5.74, 6) is 0.533. The highest BCUT2D eigenvalue weighted by molar-refractivity contribution is 5.56. The lowest BCUT2D eigenvalue weighted by Crippen LogP contribution is -2.22. The Bertz CT molecular complexity index is 547. The molecule has 0 radical (unpaired) electrons. The van der Waals surface area contributed by atoms with Gasteiger partial charge in [-0.05, 0) is 19.1 Å². The monoisotopic (exact) mass is 247 g/mol. The van der Waals surface area contributed by atoms with Crippen molar-refractivity contribution in [2.45, 2.75) is 19.5 Å². The Morgan fingerprint density at radius 2 is 2.11 bits per heavy atom. The second-order valence-electron chi connectivity index (χ2n) is 4.07. The van der Waals surface area contributed by atoms with Crippen molar-refractivity contribution < 1.29 is 4.92 Å². The maximum atomic E-state index is 10.5. The second-order valence-corrected chi connectivity index (χ2v) is 4.07. The molecular weight excluding hydrogens is 234 g/mol. The van der Waals surface area contributed by atoms with Gasteiger partial charge in [0.25, 0.3) is 5.69 Å². The third kappa shape index (κ3) is 2.69. The van der Waals surface area contributed by atoms with Crippen molar-refractivity contribution in [1.29, 1.82) is 0 Å². The molecule has 7 heteroatoms. The summed E-state index contributed by atoms with van der Waals surface area (Å²) in [6.45, 7) is 2.47. The first-order chi connectivity index (χ1) is 8.56. The highest BCUT2D eigenvalue weighted by Crippen LogP contribution is 2.18. The molecule has 1 aromatic heterocycles. The summed E-state index contributed by atoms with van der Waals surface area (Å²) < 4.78 is 1.65. The number of non-ortho nitro benzene ring substituents is 1. The average Bonchev–Trinajstić information content (AvgIpc) is 2.76. The zero-order chi connectivity index (χ0) is 13.1. The van der Waals surface area contributed by atoms with E-state index in [0.717, 1.165) is 5.56 Å². The molecule has 0 saturated heterocycles. The minimum Gasteiger partial charge on any atom is -0.326 e. The molecule has 0 aliphatic carbocycles. The van der Waals surface area contributed by atoms with Crippen LogP contribution in [0.15, 0.2) is 30.6 Å². The van der Waals surface area contributed by atoms with Gasteiger partial charge in [0, 0.05) is 23.7 Å². The molecular formula is C11H13N5O2. The summed E-state index contributed by atoms with van der Waals surface area (Å²) in [6.07, 6.45) is 1.60. The number of aromatic nitrogens is 3. The van der Waals surface area contributed by atoms with Crippen molar-refractivity contribution in [2.24, 2.45) is 5.73 Å². The molecule has 0 saturated carbocycles. The minimum atomic E-state index is -0.439. The highest BCUT2D eigenvalue weighted by atomic mass is 16.6. The largest absolute Gasteiger partial charge is 0.326 e. The van der Waals surface area contributed by atoms with E-state index in [9.17, 15) is 10.1 Å². The van der Waals surface area contributed by atoms with Crippen molar-refractivity contribution >= 4 is 5.69 Å². The van der Waals surface area contributed by atoms with Gasteiger partial charge >= 0.3 is 0 Å². The van der Waals surface area contributed by atoms with Crippen molar-refractivity contribution in [3.05, 3.63) is 40.7 Å². The van der Waals surface area contributed by atoms with Crippen LogP contribution in [0.5, 0.6) is 0 Å². The first-order valence-corrected chi connectivity index (χ1v) is 5.46. The number of rotatable bonds is 4. The fraction of sp³-hybridized carbons (Fsp3) is 0.273. The number of hydrogen-bond donors (Lipinski definition) is 1. The summed E-state index contributed by atoms with van der Waals surface area (Å²) in [6, 6.07) is 6.12. The van der Waals surface area contributed by atoms with E-state index < -0.39 is 4.92 Å². The number of nitro groups is 1. The van der Waals surface area contributed by atoms with Gasteiger partial charge in [0.05, 0.1) is 11.5 Å². The van der Waals surface area contributed by atoms with Crippen LogP contribution in [-0.4, -0.2) is 25.7 Å². The molecule has 1 aromatic carbocycles. The molecule has 0 amide bonds. The molecule has 2 rings (SSSR count). The Balaban J connectivity index is 2.20. The van der Waals surface area contributed by atoms with Gasteiger partial charge < -0.3 is 5.73 Å². The van der Waals surface area contributed by atoms with E-state index in [1.807, 2.05) is 6.92 Å². The first-order valence-electron chi connectivity index (χ1n) is 5.46. The molecule has 1 unspecified atom stereocenters. The first kappa shape index (κ1) is 12.2. The Morgan fingerprint density at radius 1 is 1.44 bits per heavy atom. The predicted octanol–water partition coefficient (Wildman–Crippen LogP) is 1.20. The van der Waals surface area contributed by atoms with E-state index in [1.54, 1.807) is 23.1 Å². The minimum absolute atomic E-state index is 0.00332. The Kier molecular flexibility index (Phi) is 3.33. The molecule has 18 heavy (non-hydrogen) atoms. The van der Waals surface area contributed by atoms with E-state index in [0.29, 0.717) is 12.4 Å². The molecule has 1 heterocycles. The predicted molar refractivity (Wildman–Crippen MR) is 65.8 cm³/mol. The summed E-state index contributed by atoms with van der Waals surface area (Å²) >= 11 is 0. The third-order valence-electron chi connectivity index (χ3n) is 2.35. The smallest absolute Gasteiger partial charge is 0.269 e. The van der Waals surface area contributed by atoms with Gasteiger partial charge in [-0.3, -0.25) is 14.8 Å². The summed E-state index contributed by atoms with van der Waals surface area (Å²) in [4.78, 5) is 14.2. The van der Waals surface area contributed by atoms with Crippen molar-refractivity contribution in [3.8, 4) is 11.4 Å².